The number of carbonyl (C=O) groups excluding carboxylic acids is 1. The lowest BCUT2D eigenvalue weighted by molar-refractivity contribution is -0.129. The number of aromatic nitrogens is 4. The zero-order chi connectivity index (χ0) is 20.4. The molecule has 0 radical (unpaired) electrons. The molecule has 0 saturated heterocycles. The van der Waals surface area contributed by atoms with E-state index < -0.39 is 0 Å². The molecule has 1 fully saturated rings. The van der Waals surface area contributed by atoms with Crippen LogP contribution in [0.25, 0.3) is 11.4 Å². The standard InChI is InChI=1S/C21H22FN5OS/c1-14(20(28)26(2)13-15-4-3-5-17(22)12-15)29-21-25-24-19(27(21)18-6-7-18)16-8-10-23-11-9-16/h3-5,8-12,14,18H,6-7,13H2,1-2H3. The lowest BCUT2D eigenvalue weighted by Gasteiger charge is -2.21. The number of amides is 1. The van der Waals surface area contributed by atoms with Crippen LogP contribution in [0.15, 0.2) is 53.9 Å². The van der Waals surface area contributed by atoms with Gasteiger partial charge in [-0.05, 0) is 49.6 Å². The Hall–Kier alpha value is -2.74. The van der Waals surface area contributed by atoms with Crippen LogP contribution in [-0.2, 0) is 11.3 Å². The molecule has 0 aliphatic heterocycles. The summed E-state index contributed by atoms with van der Waals surface area (Å²) in [6, 6.07) is 10.5. The van der Waals surface area contributed by atoms with Crippen LogP contribution < -0.4 is 0 Å². The maximum absolute atomic E-state index is 13.4. The van der Waals surface area contributed by atoms with Gasteiger partial charge in [0.1, 0.15) is 5.82 Å². The average Bonchev–Trinajstić information content (AvgIpc) is 3.48. The number of carbonyl (C=O) groups is 1. The molecule has 6 nitrogen and oxygen atoms in total. The molecule has 1 aliphatic rings. The molecule has 1 aromatic carbocycles. The zero-order valence-electron chi connectivity index (χ0n) is 16.3. The first-order valence-electron chi connectivity index (χ1n) is 9.54. The molecule has 0 spiro atoms. The predicted molar refractivity (Wildman–Crippen MR) is 110 cm³/mol. The maximum atomic E-state index is 13.4. The molecule has 4 rings (SSSR count). The summed E-state index contributed by atoms with van der Waals surface area (Å²) in [7, 11) is 1.73. The monoisotopic (exact) mass is 411 g/mol. The van der Waals surface area contributed by atoms with E-state index in [0.717, 1.165) is 34.9 Å². The Labute approximate surface area is 173 Å². The van der Waals surface area contributed by atoms with E-state index in [1.165, 1.54) is 23.9 Å². The van der Waals surface area contributed by atoms with Gasteiger partial charge in [0.15, 0.2) is 11.0 Å². The van der Waals surface area contributed by atoms with Crippen LogP contribution in [-0.4, -0.2) is 42.9 Å². The average molecular weight is 412 g/mol. The van der Waals surface area contributed by atoms with Gasteiger partial charge in [-0.1, -0.05) is 23.9 Å². The first-order valence-corrected chi connectivity index (χ1v) is 10.4. The van der Waals surface area contributed by atoms with Crippen LogP contribution in [0.3, 0.4) is 0 Å². The molecular formula is C21H22FN5OS. The molecule has 0 N–H and O–H groups in total. The molecular weight excluding hydrogens is 389 g/mol. The third kappa shape index (κ3) is 4.48. The number of thioether (sulfide) groups is 1. The maximum Gasteiger partial charge on any atom is 0.235 e. The molecule has 1 amide bonds. The minimum atomic E-state index is -0.333. The van der Waals surface area contributed by atoms with Gasteiger partial charge in [0, 0.05) is 37.6 Å². The van der Waals surface area contributed by atoms with Crippen molar-refractivity contribution >= 4 is 17.7 Å². The second kappa shape index (κ2) is 8.32. The number of pyridine rings is 1. The van der Waals surface area contributed by atoms with E-state index >= 15 is 0 Å². The molecule has 1 atom stereocenters. The van der Waals surface area contributed by atoms with E-state index in [4.69, 9.17) is 0 Å². The van der Waals surface area contributed by atoms with Crippen molar-refractivity contribution in [2.24, 2.45) is 0 Å². The second-order valence-electron chi connectivity index (χ2n) is 7.23. The van der Waals surface area contributed by atoms with Crippen LogP contribution in [0.4, 0.5) is 4.39 Å². The Kier molecular flexibility index (Phi) is 5.62. The third-order valence-corrected chi connectivity index (χ3v) is 5.87. The Morgan fingerprint density at radius 3 is 2.72 bits per heavy atom. The fourth-order valence-electron chi connectivity index (χ4n) is 3.22. The summed E-state index contributed by atoms with van der Waals surface area (Å²) in [6.07, 6.45) is 5.65. The normalized spacial score (nSPS) is 14.6. The lowest BCUT2D eigenvalue weighted by Crippen LogP contribution is -2.33. The summed E-state index contributed by atoms with van der Waals surface area (Å²) in [5.74, 6) is 0.479. The van der Waals surface area contributed by atoms with Crippen molar-refractivity contribution < 1.29 is 9.18 Å². The highest BCUT2D eigenvalue weighted by Crippen LogP contribution is 2.41. The Bertz CT molecular complexity index is 1010. The summed E-state index contributed by atoms with van der Waals surface area (Å²) >= 11 is 1.41. The van der Waals surface area contributed by atoms with Crippen LogP contribution in [0.2, 0.25) is 0 Å². The molecule has 2 heterocycles. The first-order chi connectivity index (χ1) is 14.0. The Morgan fingerprint density at radius 1 is 1.28 bits per heavy atom. The van der Waals surface area contributed by atoms with Gasteiger partial charge in [0.2, 0.25) is 5.91 Å². The van der Waals surface area contributed by atoms with E-state index in [1.807, 2.05) is 25.1 Å². The van der Waals surface area contributed by atoms with E-state index in [0.29, 0.717) is 12.6 Å². The number of hydrogen-bond donors (Lipinski definition) is 0. The van der Waals surface area contributed by atoms with Crippen LogP contribution in [0.1, 0.15) is 31.4 Å². The van der Waals surface area contributed by atoms with Crippen LogP contribution in [0, 0.1) is 5.82 Å². The van der Waals surface area contributed by atoms with Crippen molar-refractivity contribution in [1.29, 1.82) is 0 Å². The Morgan fingerprint density at radius 2 is 2.03 bits per heavy atom. The highest BCUT2D eigenvalue weighted by Gasteiger charge is 2.32. The molecule has 150 valence electrons. The van der Waals surface area contributed by atoms with Gasteiger partial charge >= 0.3 is 0 Å². The van der Waals surface area contributed by atoms with Crippen molar-refractivity contribution in [3.05, 3.63) is 60.2 Å². The van der Waals surface area contributed by atoms with Crippen molar-refractivity contribution in [1.82, 2.24) is 24.6 Å². The number of hydrogen-bond acceptors (Lipinski definition) is 5. The molecule has 8 heteroatoms. The molecule has 0 bridgehead atoms. The van der Waals surface area contributed by atoms with Gasteiger partial charge in [0.05, 0.1) is 5.25 Å². The molecule has 3 aromatic rings. The molecule has 2 aromatic heterocycles. The van der Waals surface area contributed by atoms with E-state index in [-0.39, 0.29) is 17.0 Å². The zero-order valence-corrected chi connectivity index (χ0v) is 17.1. The summed E-state index contributed by atoms with van der Waals surface area (Å²) in [6.45, 7) is 2.23. The number of rotatable bonds is 7. The highest BCUT2D eigenvalue weighted by atomic mass is 32.2. The molecule has 1 unspecified atom stereocenters. The highest BCUT2D eigenvalue weighted by molar-refractivity contribution is 8.00. The number of benzene rings is 1. The molecule has 29 heavy (non-hydrogen) atoms. The summed E-state index contributed by atoms with van der Waals surface area (Å²) in [5.41, 5.74) is 1.73. The van der Waals surface area contributed by atoms with Gasteiger partial charge in [-0.25, -0.2) is 4.39 Å². The smallest absolute Gasteiger partial charge is 0.235 e. The summed E-state index contributed by atoms with van der Waals surface area (Å²) in [5, 5.41) is 9.16. The van der Waals surface area contributed by atoms with Crippen molar-refractivity contribution in [3.8, 4) is 11.4 Å². The van der Waals surface area contributed by atoms with E-state index in [1.54, 1.807) is 30.4 Å². The third-order valence-electron chi connectivity index (χ3n) is 4.83. The topological polar surface area (TPSA) is 63.9 Å². The summed E-state index contributed by atoms with van der Waals surface area (Å²) < 4.78 is 15.5. The molecule has 1 saturated carbocycles. The van der Waals surface area contributed by atoms with Gasteiger partial charge < -0.3 is 4.90 Å². The van der Waals surface area contributed by atoms with E-state index in [9.17, 15) is 9.18 Å². The van der Waals surface area contributed by atoms with Gasteiger partial charge in [0.25, 0.3) is 0 Å². The fraction of sp³-hybridized carbons (Fsp3) is 0.333. The molecule has 1 aliphatic carbocycles. The largest absolute Gasteiger partial charge is 0.340 e. The minimum Gasteiger partial charge on any atom is -0.340 e. The SMILES string of the molecule is CC(Sc1nnc(-c2ccncc2)n1C1CC1)C(=O)N(C)Cc1cccc(F)c1. The van der Waals surface area contributed by atoms with Gasteiger partial charge in [-0.15, -0.1) is 10.2 Å². The van der Waals surface area contributed by atoms with Crippen molar-refractivity contribution in [2.75, 3.05) is 7.05 Å². The number of nitrogens with zero attached hydrogens (tertiary/aromatic N) is 5. The lowest BCUT2D eigenvalue weighted by atomic mass is 10.2. The van der Waals surface area contributed by atoms with Crippen molar-refractivity contribution in [2.45, 2.75) is 42.8 Å². The van der Waals surface area contributed by atoms with Gasteiger partial charge in [-0.2, -0.15) is 0 Å². The van der Waals surface area contributed by atoms with E-state index in [2.05, 4.69) is 19.7 Å². The first kappa shape index (κ1) is 19.6. The van der Waals surface area contributed by atoms with Gasteiger partial charge in [-0.3, -0.25) is 14.3 Å². The number of halogens is 1. The van der Waals surface area contributed by atoms with Crippen LogP contribution >= 0.6 is 11.8 Å². The quantitative estimate of drug-likeness (QED) is 0.551. The second-order valence-corrected chi connectivity index (χ2v) is 8.54. The fourth-order valence-corrected chi connectivity index (χ4v) is 4.26. The van der Waals surface area contributed by atoms with Crippen molar-refractivity contribution in [3.63, 3.8) is 0 Å². The van der Waals surface area contributed by atoms with Crippen LogP contribution in [0.5, 0.6) is 0 Å². The predicted octanol–water partition coefficient (Wildman–Crippen LogP) is 3.95. The summed E-state index contributed by atoms with van der Waals surface area (Å²) in [4.78, 5) is 18.5. The minimum absolute atomic E-state index is 0.0323. The Balaban J connectivity index is 1.48.